The third kappa shape index (κ3) is 7.44. The van der Waals surface area contributed by atoms with Gasteiger partial charge in [0.05, 0.1) is 6.20 Å². The minimum atomic E-state index is -2.35. The molecule has 1 saturated carbocycles. The van der Waals surface area contributed by atoms with Crippen molar-refractivity contribution in [1.29, 1.82) is 0 Å². The smallest absolute Gasteiger partial charge is 0.339 e. The summed E-state index contributed by atoms with van der Waals surface area (Å²) in [5.74, 6) is -0.135. The SMILES string of the molecule is C=CC(F)F.CCCC1=C(CN2CCN(c3ccc(C(=O)O)c(Oc4cnc5[nH]ccc5c4)c3)CC2)CCC2(CCC2)C1. The lowest BCUT2D eigenvalue weighted by molar-refractivity contribution is 0.0694. The average molecular weight is 593 g/mol. The Kier molecular flexibility index (Phi) is 9.80. The molecule has 7 nitrogen and oxygen atoms in total. The Bertz CT molecular complexity index is 1450. The number of nitrogens with zero attached hydrogens (tertiary/aromatic N) is 3. The molecule has 1 aromatic carbocycles. The van der Waals surface area contributed by atoms with Crippen molar-refractivity contribution < 1.29 is 23.4 Å². The number of alkyl halides is 2. The van der Waals surface area contributed by atoms with E-state index in [0.29, 0.717) is 23.0 Å². The molecule has 0 unspecified atom stereocenters. The monoisotopic (exact) mass is 592 g/mol. The normalized spacial score (nSPS) is 18.4. The summed E-state index contributed by atoms with van der Waals surface area (Å²) in [5, 5.41) is 10.7. The van der Waals surface area contributed by atoms with Gasteiger partial charge < -0.3 is 19.7 Å². The molecule has 2 aliphatic carbocycles. The number of carboxylic acid groups (broad SMARTS) is 1. The molecular formula is C34H42F2N4O3. The van der Waals surface area contributed by atoms with Crippen LogP contribution in [0.25, 0.3) is 11.0 Å². The topological polar surface area (TPSA) is 81.7 Å². The van der Waals surface area contributed by atoms with Crippen LogP contribution in [-0.4, -0.2) is 65.1 Å². The Labute approximate surface area is 252 Å². The van der Waals surface area contributed by atoms with E-state index in [2.05, 4.69) is 33.3 Å². The first-order chi connectivity index (χ1) is 20.8. The molecule has 1 aliphatic heterocycles. The highest BCUT2D eigenvalue weighted by atomic mass is 19.3. The zero-order valence-electron chi connectivity index (χ0n) is 25.0. The van der Waals surface area contributed by atoms with Crippen LogP contribution in [0, 0.1) is 5.41 Å². The number of piperazine rings is 1. The number of aromatic amines is 1. The Morgan fingerprint density at radius 2 is 1.93 bits per heavy atom. The minimum absolute atomic E-state index is 0.151. The summed E-state index contributed by atoms with van der Waals surface area (Å²) in [6.45, 7) is 10.1. The number of allylic oxidation sites excluding steroid dienone is 2. The van der Waals surface area contributed by atoms with Gasteiger partial charge in [-0.15, -0.1) is 0 Å². The highest BCUT2D eigenvalue weighted by Crippen LogP contribution is 2.53. The van der Waals surface area contributed by atoms with Gasteiger partial charge in [-0.1, -0.05) is 37.5 Å². The zero-order valence-corrected chi connectivity index (χ0v) is 25.0. The molecule has 0 atom stereocenters. The first-order valence-electron chi connectivity index (χ1n) is 15.4. The average Bonchev–Trinajstić information content (AvgIpc) is 3.46. The molecule has 230 valence electrons. The lowest BCUT2D eigenvalue weighted by Gasteiger charge is -2.47. The quantitative estimate of drug-likeness (QED) is 0.245. The van der Waals surface area contributed by atoms with Crippen LogP contribution in [0.4, 0.5) is 14.5 Å². The Balaban J connectivity index is 0.000000682. The number of pyridine rings is 1. The number of fused-ring (bicyclic) bond motifs is 1. The maximum absolute atomic E-state index is 11.9. The van der Waals surface area contributed by atoms with Gasteiger partial charge in [0.25, 0.3) is 6.43 Å². The maximum atomic E-state index is 11.9. The van der Waals surface area contributed by atoms with E-state index < -0.39 is 12.4 Å². The summed E-state index contributed by atoms with van der Waals surface area (Å²) in [6.07, 6.45) is 12.5. The van der Waals surface area contributed by atoms with Gasteiger partial charge >= 0.3 is 5.97 Å². The van der Waals surface area contributed by atoms with Crippen molar-refractivity contribution in [3.8, 4) is 11.5 Å². The Morgan fingerprint density at radius 3 is 2.58 bits per heavy atom. The minimum Gasteiger partial charge on any atom is -0.478 e. The molecule has 0 bridgehead atoms. The molecule has 3 aliphatic rings. The van der Waals surface area contributed by atoms with E-state index in [1.165, 1.54) is 51.4 Å². The number of ether oxygens (including phenoxy) is 1. The number of nitrogens with one attached hydrogen (secondary N) is 1. The fourth-order valence-corrected chi connectivity index (χ4v) is 6.63. The number of anilines is 1. The van der Waals surface area contributed by atoms with Crippen molar-refractivity contribution in [2.75, 3.05) is 37.6 Å². The van der Waals surface area contributed by atoms with Gasteiger partial charge in [0.15, 0.2) is 0 Å². The van der Waals surface area contributed by atoms with E-state index in [0.717, 1.165) is 49.4 Å². The number of rotatable bonds is 9. The molecule has 6 rings (SSSR count). The van der Waals surface area contributed by atoms with Crippen LogP contribution in [0.3, 0.4) is 0 Å². The van der Waals surface area contributed by atoms with Crippen LogP contribution in [0.5, 0.6) is 11.5 Å². The molecule has 2 aromatic heterocycles. The van der Waals surface area contributed by atoms with Crippen molar-refractivity contribution in [2.24, 2.45) is 5.41 Å². The van der Waals surface area contributed by atoms with E-state index in [9.17, 15) is 18.7 Å². The van der Waals surface area contributed by atoms with E-state index in [-0.39, 0.29) is 5.56 Å². The predicted octanol–water partition coefficient (Wildman–Crippen LogP) is 8.06. The van der Waals surface area contributed by atoms with Gasteiger partial charge in [-0.05, 0) is 74.3 Å². The van der Waals surface area contributed by atoms with Crippen LogP contribution in [0.15, 0.2) is 66.5 Å². The number of halogens is 2. The van der Waals surface area contributed by atoms with Crippen LogP contribution >= 0.6 is 0 Å². The fourth-order valence-electron chi connectivity index (χ4n) is 6.63. The van der Waals surface area contributed by atoms with Gasteiger partial charge in [0, 0.05) is 56.1 Å². The Morgan fingerprint density at radius 1 is 1.16 bits per heavy atom. The molecule has 2 N–H and O–H groups in total. The van der Waals surface area contributed by atoms with Gasteiger partial charge in [0.1, 0.15) is 22.7 Å². The van der Waals surface area contributed by atoms with Gasteiger partial charge in [-0.3, -0.25) is 4.90 Å². The number of benzene rings is 1. The van der Waals surface area contributed by atoms with Crippen LogP contribution < -0.4 is 9.64 Å². The molecule has 2 fully saturated rings. The lowest BCUT2D eigenvalue weighted by Crippen LogP contribution is -2.47. The van der Waals surface area contributed by atoms with Crippen molar-refractivity contribution in [2.45, 2.75) is 64.7 Å². The standard InChI is InChI=1S/C31H38N4O3.C3H4F2/c1-2-4-23-19-31(9-3-10-31)11-7-24(23)21-34-13-15-35(16-14-34)25-5-6-27(30(36)37)28(18-25)38-26-17-22-8-12-32-29(22)33-20-26;1-2-3(4)5/h5-6,8,12,17-18,20H,2-4,7,9-11,13-16,19,21H2,1H3,(H,32,33)(H,36,37);2-3H,1H2. The molecule has 9 heteroatoms. The van der Waals surface area contributed by atoms with Crippen LogP contribution in [0.2, 0.25) is 0 Å². The third-order valence-electron chi connectivity index (χ3n) is 9.14. The predicted molar refractivity (Wildman–Crippen MR) is 166 cm³/mol. The first kappa shape index (κ1) is 30.7. The maximum Gasteiger partial charge on any atom is 0.339 e. The number of carboxylic acids is 1. The summed E-state index contributed by atoms with van der Waals surface area (Å²) in [5.41, 5.74) is 6.05. The zero-order chi connectivity index (χ0) is 30.4. The fraction of sp³-hybridized carbons (Fsp3) is 0.471. The largest absolute Gasteiger partial charge is 0.478 e. The van der Waals surface area contributed by atoms with Crippen molar-refractivity contribution in [1.82, 2.24) is 14.9 Å². The summed E-state index contributed by atoms with van der Waals surface area (Å²) in [6, 6.07) is 9.21. The number of hydrogen-bond donors (Lipinski definition) is 2. The van der Waals surface area contributed by atoms with Crippen LogP contribution in [0.1, 0.15) is 68.6 Å². The molecule has 3 aromatic rings. The number of aromatic carboxylic acids is 1. The lowest BCUT2D eigenvalue weighted by atomic mass is 9.59. The molecule has 0 radical (unpaired) electrons. The van der Waals surface area contributed by atoms with Crippen LogP contribution in [-0.2, 0) is 0 Å². The summed E-state index contributed by atoms with van der Waals surface area (Å²) >= 11 is 0. The van der Waals surface area contributed by atoms with Crippen molar-refractivity contribution in [3.05, 3.63) is 72.1 Å². The first-order valence-corrected chi connectivity index (χ1v) is 15.4. The third-order valence-corrected chi connectivity index (χ3v) is 9.14. The molecule has 3 heterocycles. The second kappa shape index (κ2) is 13.7. The highest BCUT2D eigenvalue weighted by Gasteiger charge is 2.40. The highest BCUT2D eigenvalue weighted by molar-refractivity contribution is 5.92. The second-order valence-corrected chi connectivity index (χ2v) is 12.0. The van der Waals surface area contributed by atoms with Gasteiger partial charge in [-0.2, -0.15) is 0 Å². The van der Waals surface area contributed by atoms with E-state index in [1.54, 1.807) is 23.4 Å². The Hall–Kier alpha value is -3.72. The molecule has 43 heavy (non-hydrogen) atoms. The molecule has 1 saturated heterocycles. The number of aromatic nitrogens is 2. The number of H-pyrrole nitrogens is 1. The van der Waals surface area contributed by atoms with E-state index >= 15 is 0 Å². The van der Waals surface area contributed by atoms with Gasteiger partial charge in [-0.25, -0.2) is 18.6 Å². The van der Waals surface area contributed by atoms with Gasteiger partial charge in [0.2, 0.25) is 0 Å². The van der Waals surface area contributed by atoms with E-state index in [4.69, 9.17) is 4.74 Å². The molecule has 1 spiro atoms. The number of hydrogen-bond acceptors (Lipinski definition) is 5. The molecular weight excluding hydrogens is 550 g/mol. The molecule has 0 amide bonds. The number of carbonyl (C=O) groups is 1. The summed E-state index contributed by atoms with van der Waals surface area (Å²) in [4.78, 5) is 24.3. The summed E-state index contributed by atoms with van der Waals surface area (Å²) < 4.78 is 27.4. The summed E-state index contributed by atoms with van der Waals surface area (Å²) in [7, 11) is 0. The van der Waals surface area contributed by atoms with Crippen molar-refractivity contribution >= 4 is 22.7 Å². The van der Waals surface area contributed by atoms with E-state index in [1.807, 2.05) is 30.5 Å². The van der Waals surface area contributed by atoms with Crippen molar-refractivity contribution in [3.63, 3.8) is 0 Å². The second-order valence-electron chi connectivity index (χ2n) is 12.0.